The number of phosphoric acid groups is 1. The highest BCUT2D eigenvalue weighted by molar-refractivity contribution is 7.46. The second kappa shape index (κ2) is 10.9. The van der Waals surface area contributed by atoms with E-state index < -0.39 is 13.9 Å². The molecule has 0 radical (unpaired) electrons. The Kier molecular flexibility index (Phi) is 11.0. The summed E-state index contributed by atoms with van der Waals surface area (Å²) in [6, 6.07) is 0. The number of aliphatic hydroxyl groups excluding tert-OH is 1. The molecule has 0 bridgehead atoms. The van der Waals surface area contributed by atoms with Crippen molar-refractivity contribution >= 4 is 7.82 Å². The van der Waals surface area contributed by atoms with Crippen molar-refractivity contribution in [3.8, 4) is 0 Å². The second-order valence-corrected chi connectivity index (χ2v) is 5.86. The van der Waals surface area contributed by atoms with Crippen LogP contribution in [0.4, 0.5) is 0 Å². The molecule has 0 fully saturated rings. The maximum absolute atomic E-state index is 10.6. The summed E-state index contributed by atoms with van der Waals surface area (Å²) in [6.07, 6.45) is 9.04. The van der Waals surface area contributed by atoms with Crippen molar-refractivity contribution in [3.63, 3.8) is 0 Å². The normalized spacial score (nSPS) is 13.8. The van der Waals surface area contributed by atoms with Crippen molar-refractivity contribution in [1.82, 2.24) is 0 Å². The van der Waals surface area contributed by atoms with Gasteiger partial charge in [-0.2, -0.15) is 0 Å². The average Bonchev–Trinajstić information content (AvgIpc) is 2.29. The third-order valence-electron chi connectivity index (χ3n) is 2.87. The predicted octanol–water partition coefficient (Wildman–Crippen LogP) is 2.99. The van der Waals surface area contributed by atoms with E-state index in [1.54, 1.807) is 0 Å². The fourth-order valence-electron chi connectivity index (χ4n) is 1.88. The lowest BCUT2D eigenvalue weighted by Crippen LogP contribution is -2.16. The molecular formula is C12H27O5P. The number of hydrogen-bond acceptors (Lipinski definition) is 3. The van der Waals surface area contributed by atoms with Gasteiger partial charge < -0.3 is 14.9 Å². The van der Waals surface area contributed by atoms with Crippen LogP contribution in [0.25, 0.3) is 0 Å². The van der Waals surface area contributed by atoms with Crippen molar-refractivity contribution in [3.05, 3.63) is 0 Å². The van der Waals surface area contributed by atoms with Crippen LogP contribution in [0.1, 0.15) is 64.7 Å². The van der Waals surface area contributed by atoms with Gasteiger partial charge in [0.25, 0.3) is 0 Å². The Labute approximate surface area is 110 Å². The summed E-state index contributed by atoms with van der Waals surface area (Å²) in [5, 5.41) is 8.92. The minimum atomic E-state index is -4.47. The zero-order valence-electron chi connectivity index (χ0n) is 11.3. The van der Waals surface area contributed by atoms with E-state index in [4.69, 9.17) is 14.9 Å². The fraction of sp³-hybridized carbons (Fsp3) is 1.00. The zero-order valence-corrected chi connectivity index (χ0v) is 12.1. The Balaban J connectivity index is 3.43. The molecule has 0 aliphatic heterocycles. The number of aliphatic hydroxyl groups is 1. The second-order valence-electron chi connectivity index (χ2n) is 4.66. The summed E-state index contributed by atoms with van der Waals surface area (Å²) in [5.41, 5.74) is 0. The van der Waals surface area contributed by atoms with Gasteiger partial charge in [-0.3, -0.25) is 4.52 Å². The van der Waals surface area contributed by atoms with Crippen molar-refractivity contribution in [1.29, 1.82) is 0 Å². The van der Waals surface area contributed by atoms with Gasteiger partial charge in [-0.1, -0.05) is 58.3 Å². The molecule has 0 amide bonds. The maximum Gasteiger partial charge on any atom is 0.469 e. The van der Waals surface area contributed by atoms with E-state index in [-0.39, 0.29) is 6.61 Å². The third-order valence-corrected chi connectivity index (χ3v) is 3.44. The summed E-state index contributed by atoms with van der Waals surface area (Å²) < 4.78 is 15.1. The van der Waals surface area contributed by atoms with Crippen LogP contribution in [0.3, 0.4) is 0 Å². The highest BCUT2D eigenvalue weighted by atomic mass is 31.2. The first-order valence-electron chi connectivity index (χ1n) is 6.84. The minimum Gasteiger partial charge on any atom is -0.394 e. The van der Waals surface area contributed by atoms with Crippen molar-refractivity contribution in [2.75, 3.05) is 6.61 Å². The van der Waals surface area contributed by atoms with Gasteiger partial charge >= 0.3 is 7.82 Å². The lowest BCUT2D eigenvalue weighted by atomic mass is 10.1. The standard InChI is InChI=1S/C12H27O5P/c1-2-3-4-5-6-7-8-9-10-12(11-13)17-18(14,15)16/h12-13H,2-11H2,1H3,(H2,14,15,16). The Morgan fingerprint density at radius 3 is 1.94 bits per heavy atom. The first-order valence-corrected chi connectivity index (χ1v) is 8.37. The summed E-state index contributed by atoms with van der Waals surface area (Å²) in [7, 11) is -4.47. The van der Waals surface area contributed by atoms with Crippen LogP contribution in [-0.4, -0.2) is 27.6 Å². The van der Waals surface area contributed by atoms with Crippen molar-refractivity contribution in [2.45, 2.75) is 70.8 Å². The molecule has 0 aromatic carbocycles. The molecule has 18 heavy (non-hydrogen) atoms. The Bertz CT molecular complexity index is 229. The van der Waals surface area contributed by atoms with E-state index in [1.165, 1.54) is 32.1 Å². The summed E-state index contributed by atoms with van der Waals surface area (Å²) >= 11 is 0. The lowest BCUT2D eigenvalue weighted by molar-refractivity contribution is 0.0729. The van der Waals surface area contributed by atoms with Crippen molar-refractivity contribution < 1.29 is 24.0 Å². The predicted molar refractivity (Wildman–Crippen MR) is 71.2 cm³/mol. The molecule has 6 heteroatoms. The van der Waals surface area contributed by atoms with Crippen LogP contribution >= 0.6 is 7.82 Å². The molecule has 0 aliphatic rings. The Morgan fingerprint density at radius 2 is 1.50 bits per heavy atom. The van der Waals surface area contributed by atoms with E-state index in [9.17, 15) is 4.57 Å². The van der Waals surface area contributed by atoms with Gasteiger partial charge in [0.05, 0.1) is 12.7 Å². The smallest absolute Gasteiger partial charge is 0.394 e. The summed E-state index contributed by atoms with van der Waals surface area (Å²) in [6.45, 7) is 1.84. The van der Waals surface area contributed by atoms with E-state index in [1.807, 2.05) is 0 Å². The van der Waals surface area contributed by atoms with Crippen LogP contribution in [0.2, 0.25) is 0 Å². The molecule has 0 spiro atoms. The van der Waals surface area contributed by atoms with Gasteiger partial charge in [0.2, 0.25) is 0 Å². The van der Waals surface area contributed by atoms with E-state index in [2.05, 4.69) is 11.4 Å². The molecule has 5 nitrogen and oxygen atoms in total. The molecular weight excluding hydrogens is 255 g/mol. The molecule has 0 saturated carbocycles. The molecule has 0 rings (SSSR count). The molecule has 1 atom stereocenters. The highest BCUT2D eigenvalue weighted by Gasteiger charge is 2.20. The first kappa shape index (κ1) is 18.1. The van der Waals surface area contributed by atoms with Crippen molar-refractivity contribution in [2.24, 2.45) is 0 Å². The monoisotopic (exact) mass is 282 g/mol. The maximum atomic E-state index is 10.6. The van der Waals surface area contributed by atoms with Gasteiger partial charge in [-0.15, -0.1) is 0 Å². The molecule has 3 N–H and O–H groups in total. The highest BCUT2D eigenvalue weighted by Crippen LogP contribution is 2.38. The van der Waals surface area contributed by atoms with Gasteiger partial charge in [-0.25, -0.2) is 4.57 Å². The van der Waals surface area contributed by atoms with Crippen LogP contribution in [0, 0.1) is 0 Å². The number of phosphoric ester groups is 1. The van der Waals surface area contributed by atoms with Gasteiger partial charge in [0.15, 0.2) is 0 Å². The van der Waals surface area contributed by atoms with Crippen LogP contribution < -0.4 is 0 Å². The molecule has 1 unspecified atom stereocenters. The topological polar surface area (TPSA) is 87.0 Å². The molecule has 110 valence electrons. The third kappa shape index (κ3) is 12.5. The minimum absolute atomic E-state index is 0.346. The largest absolute Gasteiger partial charge is 0.469 e. The summed E-state index contributed by atoms with van der Waals surface area (Å²) in [5.74, 6) is 0. The summed E-state index contributed by atoms with van der Waals surface area (Å²) in [4.78, 5) is 17.2. The van der Waals surface area contributed by atoms with Gasteiger partial charge in [-0.05, 0) is 6.42 Å². The Morgan fingerprint density at radius 1 is 1.00 bits per heavy atom. The molecule has 0 aliphatic carbocycles. The Hall–Kier alpha value is 0.0700. The van der Waals surface area contributed by atoms with Crippen LogP contribution in [-0.2, 0) is 9.09 Å². The number of hydrogen-bond donors (Lipinski definition) is 3. The lowest BCUT2D eigenvalue weighted by Gasteiger charge is -2.15. The number of rotatable bonds is 12. The molecule has 0 heterocycles. The van der Waals surface area contributed by atoms with Gasteiger partial charge in [0, 0.05) is 0 Å². The van der Waals surface area contributed by atoms with Gasteiger partial charge in [0.1, 0.15) is 0 Å². The molecule has 0 aromatic heterocycles. The SMILES string of the molecule is CCCCCCCCCCC(CO)OP(=O)(O)O. The van der Waals surface area contributed by atoms with Crippen LogP contribution in [0.15, 0.2) is 0 Å². The quantitative estimate of drug-likeness (QED) is 0.378. The molecule has 0 aromatic rings. The average molecular weight is 282 g/mol. The molecule has 0 saturated heterocycles. The van der Waals surface area contributed by atoms with E-state index in [0.29, 0.717) is 6.42 Å². The zero-order chi connectivity index (χ0) is 13.9. The fourth-order valence-corrected chi connectivity index (χ4v) is 2.44. The van der Waals surface area contributed by atoms with E-state index >= 15 is 0 Å². The first-order chi connectivity index (χ1) is 8.49. The number of unbranched alkanes of at least 4 members (excludes halogenated alkanes) is 7. The van der Waals surface area contributed by atoms with E-state index in [0.717, 1.165) is 19.3 Å². The van der Waals surface area contributed by atoms with Crippen LogP contribution in [0.5, 0.6) is 0 Å².